The third-order valence-electron chi connectivity index (χ3n) is 5.42. The molecule has 3 nitrogen and oxygen atoms in total. The Morgan fingerprint density at radius 2 is 1.67 bits per heavy atom. The second kappa shape index (κ2) is 6.09. The maximum atomic E-state index is 13.2. The van der Waals surface area contributed by atoms with Gasteiger partial charge in [0.1, 0.15) is 5.60 Å². The van der Waals surface area contributed by atoms with Crippen LogP contribution in [0.2, 0.25) is 19.1 Å². The average molecular weight is 378 g/mol. The van der Waals surface area contributed by atoms with Crippen LogP contribution in [0.1, 0.15) is 37.4 Å². The average Bonchev–Trinajstić information content (AvgIpc) is 3.07. The van der Waals surface area contributed by atoms with Crippen LogP contribution < -0.4 is 4.90 Å². The standard InChI is InChI=1S/C23H27NO2Si/c1-23(2,3)26-22(25)24-19-14-10-9-13-17(19)21-20(24)18(15-27(21,4)5)16-11-7-6-8-12-16/h6-14,21H,15H2,1-5H3. The Morgan fingerprint density at radius 3 is 2.33 bits per heavy atom. The molecular formula is C23H27NO2Si. The van der Waals surface area contributed by atoms with E-state index in [1.54, 1.807) is 0 Å². The van der Waals surface area contributed by atoms with Crippen molar-refractivity contribution in [2.24, 2.45) is 0 Å². The second-order valence-corrected chi connectivity index (χ2v) is 14.1. The van der Waals surface area contributed by atoms with E-state index in [9.17, 15) is 4.79 Å². The summed E-state index contributed by atoms with van der Waals surface area (Å²) in [5.74, 6) is 0. The molecule has 0 radical (unpaired) electrons. The minimum atomic E-state index is -1.64. The van der Waals surface area contributed by atoms with Crippen LogP contribution in [0, 0.1) is 0 Å². The molecule has 2 aromatic carbocycles. The Bertz CT molecular complexity index is 925. The molecule has 140 valence electrons. The lowest BCUT2D eigenvalue weighted by Crippen LogP contribution is -2.36. The van der Waals surface area contributed by atoms with Crippen molar-refractivity contribution in [1.29, 1.82) is 0 Å². The van der Waals surface area contributed by atoms with Crippen molar-refractivity contribution in [2.45, 2.75) is 51.1 Å². The number of ether oxygens (including phenoxy) is 1. The zero-order valence-corrected chi connectivity index (χ0v) is 17.7. The van der Waals surface area contributed by atoms with Crippen LogP contribution in [0.3, 0.4) is 0 Å². The number of hydrogen-bond donors (Lipinski definition) is 0. The topological polar surface area (TPSA) is 29.5 Å². The lowest BCUT2D eigenvalue weighted by Gasteiger charge is -2.27. The van der Waals surface area contributed by atoms with E-state index in [4.69, 9.17) is 4.74 Å². The van der Waals surface area contributed by atoms with Crippen LogP contribution in [-0.4, -0.2) is 19.8 Å². The fraction of sp³-hybridized carbons (Fsp3) is 0.348. The van der Waals surface area contributed by atoms with E-state index in [-0.39, 0.29) is 6.09 Å². The van der Waals surface area contributed by atoms with E-state index in [0.29, 0.717) is 5.54 Å². The third kappa shape index (κ3) is 3.02. The van der Waals surface area contributed by atoms with E-state index in [0.717, 1.165) is 17.4 Å². The number of benzene rings is 2. The number of rotatable bonds is 1. The molecule has 0 aromatic heterocycles. The van der Waals surface area contributed by atoms with Gasteiger partial charge in [-0.15, -0.1) is 0 Å². The van der Waals surface area contributed by atoms with Gasteiger partial charge in [0, 0.05) is 11.2 Å². The summed E-state index contributed by atoms with van der Waals surface area (Å²) in [6.07, 6.45) is -0.271. The van der Waals surface area contributed by atoms with Crippen LogP contribution in [0.5, 0.6) is 0 Å². The summed E-state index contributed by atoms with van der Waals surface area (Å²) >= 11 is 0. The quantitative estimate of drug-likeness (QED) is 0.554. The fourth-order valence-corrected chi connectivity index (χ4v) is 8.11. The molecular weight excluding hydrogens is 350 g/mol. The molecule has 1 amide bonds. The first-order valence-corrected chi connectivity index (χ1v) is 12.9. The van der Waals surface area contributed by atoms with Crippen LogP contribution >= 0.6 is 0 Å². The van der Waals surface area contributed by atoms with Crippen molar-refractivity contribution < 1.29 is 9.53 Å². The largest absolute Gasteiger partial charge is 0.443 e. The van der Waals surface area contributed by atoms with Crippen LogP contribution in [-0.2, 0) is 4.74 Å². The molecule has 2 aliphatic rings. The first-order chi connectivity index (χ1) is 12.7. The highest BCUT2D eigenvalue weighted by Gasteiger charge is 2.52. The van der Waals surface area contributed by atoms with E-state index in [1.807, 2.05) is 37.8 Å². The number of carbonyl (C=O) groups is 1. The second-order valence-electron chi connectivity index (χ2n) is 9.20. The number of amides is 1. The van der Waals surface area contributed by atoms with Gasteiger partial charge in [0.15, 0.2) is 0 Å². The van der Waals surface area contributed by atoms with Gasteiger partial charge in [0.2, 0.25) is 0 Å². The van der Waals surface area contributed by atoms with E-state index >= 15 is 0 Å². The molecule has 0 fully saturated rings. The van der Waals surface area contributed by atoms with Gasteiger partial charge in [-0.1, -0.05) is 61.6 Å². The maximum absolute atomic E-state index is 13.2. The highest BCUT2D eigenvalue weighted by molar-refractivity contribution is 6.82. The molecule has 27 heavy (non-hydrogen) atoms. The van der Waals surface area contributed by atoms with Gasteiger partial charge in [0.25, 0.3) is 0 Å². The van der Waals surface area contributed by atoms with Crippen molar-refractivity contribution in [1.82, 2.24) is 0 Å². The molecule has 4 rings (SSSR count). The molecule has 0 saturated carbocycles. The number of allylic oxidation sites excluding steroid dienone is 2. The Balaban J connectivity index is 1.92. The smallest absolute Gasteiger partial charge is 0.419 e. The summed E-state index contributed by atoms with van der Waals surface area (Å²) in [6, 6.07) is 19.9. The molecule has 2 aliphatic heterocycles. The van der Waals surface area contributed by atoms with Crippen molar-refractivity contribution in [3.63, 3.8) is 0 Å². The van der Waals surface area contributed by atoms with Gasteiger partial charge in [-0.25, -0.2) is 9.69 Å². The third-order valence-corrected chi connectivity index (χ3v) is 8.84. The zero-order chi connectivity index (χ0) is 19.4. The highest BCUT2D eigenvalue weighted by atomic mass is 28.3. The Morgan fingerprint density at radius 1 is 1.04 bits per heavy atom. The number of carbonyl (C=O) groups excluding carboxylic acids is 1. The van der Waals surface area contributed by atoms with Crippen LogP contribution in [0.25, 0.3) is 5.57 Å². The molecule has 4 heteroatoms. The van der Waals surface area contributed by atoms with Crippen LogP contribution in [0.15, 0.2) is 60.3 Å². The summed E-state index contributed by atoms with van der Waals surface area (Å²) < 4.78 is 5.81. The SMILES string of the molecule is CC(C)(C)OC(=O)N1C2=C(c3ccccc3)C[Si](C)(C)C2c2ccccc21. The number of para-hydroxylation sites is 1. The zero-order valence-electron chi connectivity index (χ0n) is 16.7. The maximum Gasteiger partial charge on any atom is 0.419 e. The van der Waals surface area contributed by atoms with Crippen molar-refractivity contribution >= 4 is 25.4 Å². The molecule has 2 heterocycles. The van der Waals surface area contributed by atoms with Crippen molar-refractivity contribution in [3.05, 3.63) is 71.4 Å². The van der Waals surface area contributed by atoms with Gasteiger partial charge >= 0.3 is 6.09 Å². The van der Waals surface area contributed by atoms with Crippen LogP contribution in [0.4, 0.5) is 10.5 Å². The fourth-order valence-electron chi connectivity index (χ4n) is 4.48. The van der Waals surface area contributed by atoms with E-state index < -0.39 is 13.7 Å². The monoisotopic (exact) mass is 377 g/mol. The van der Waals surface area contributed by atoms with Gasteiger partial charge < -0.3 is 4.74 Å². The predicted octanol–water partition coefficient (Wildman–Crippen LogP) is 6.20. The number of anilines is 1. The summed E-state index contributed by atoms with van der Waals surface area (Å²) in [5.41, 5.74) is 5.74. The van der Waals surface area contributed by atoms with Gasteiger partial charge in [0.05, 0.1) is 13.8 Å². The number of hydrogen-bond acceptors (Lipinski definition) is 2. The Hall–Kier alpha value is -2.33. The molecule has 1 unspecified atom stereocenters. The minimum absolute atomic E-state index is 0.271. The molecule has 0 N–H and O–H groups in total. The van der Waals surface area contributed by atoms with Crippen molar-refractivity contribution in [2.75, 3.05) is 4.90 Å². The summed E-state index contributed by atoms with van der Waals surface area (Å²) in [6.45, 7) is 10.6. The molecule has 0 spiro atoms. The summed E-state index contributed by atoms with van der Waals surface area (Å²) in [5, 5.41) is 0. The lowest BCUT2D eigenvalue weighted by atomic mass is 10.0. The van der Waals surface area contributed by atoms with Crippen molar-refractivity contribution in [3.8, 4) is 0 Å². The van der Waals surface area contributed by atoms with E-state index in [2.05, 4.69) is 55.6 Å². The Labute approximate surface area is 162 Å². The number of fused-ring (bicyclic) bond motifs is 3. The first-order valence-electron chi connectivity index (χ1n) is 9.59. The summed E-state index contributed by atoms with van der Waals surface area (Å²) in [7, 11) is -1.64. The highest BCUT2D eigenvalue weighted by Crippen LogP contribution is 2.57. The lowest BCUT2D eigenvalue weighted by molar-refractivity contribution is 0.0594. The van der Waals surface area contributed by atoms with Gasteiger partial charge in [-0.3, -0.25) is 0 Å². The first kappa shape index (κ1) is 18.0. The Kier molecular flexibility index (Phi) is 4.07. The molecule has 0 saturated heterocycles. The number of nitrogens with zero attached hydrogens (tertiary/aromatic N) is 1. The molecule has 0 aliphatic carbocycles. The molecule has 1 atom stereocenters. The predicted molar refractivity (Wildman–Crippen MR) is 114 cm³/mol. The summed E-state index contributed by atoms with van der Waals surface area (Å²) in [4.78, 5) is 15.1. The minimum Gasteiger partial charge on any atom is -0.443 e. The molecule has 0 bridgehead atoms. The van der Waals surface area contributed by atoms with Gasteiger partial charge in [-0.2, -0.15) is 0 Å². The normalized spacial score (nSPS) is 20.5. The van der Waals surface area contributed by atoms with E-state index in [1.165, 1.54) is 16.7 Å². The molecule has 2 aromatic rings. The van der Waals surface area contributed by atoms with Gasteiger partial charge in [-0.05, 0) is 49.6 Å².